The Morgan fingerprint density at radius 1 is 1.43 bits per heavy atom. The summed E-state index contributed by atoms with van der Waals surface area (Å²) < 4.78 is 0. The summed E-state index contributed by atoms with van der Waals surface area (Å²) >= 11 is 0. The van der Waals surface area contributed by atoms with Crippen LogP contribution in [0.4, 0.5) is 4.79 Å². The van der Waals surface area contributed by atoms with Crippen LogP contribution < -0.4 is 10.6 Å². The van der Waals surface area contributed by atoms with Crippen molar-refractivity contribution in [2.45, 2.75) is 52.0 Å². The standard InChI is InChI=1S/C11H22N2O/c1-3-9(2)13-11(14)12-8-10-6-4-5-7-10/h9-10H,3-8H2,1-2H3,(H2,12,13,14). The van der Waals surface area contributed by atoms with Crippen molar-refractivity contribution >= 4 is 6.03 Å². The van der Waals surface area contributed by atoms with Gasteiger partial charge in [-0.25, -0.2) is 4.79 Å². The molecular weight excluding hydrogens is 176 g/mol. The van der Waals surface area contributed by atoms with Crippen molar-refractivity contribution in [3.63, 3.8) is 0 Å². The molecule has 0 spiro atoms. The van der Waals surface area contributed by atoms with E-state index in [0.29, 0.717) is 0 Å². The van der Waals surface area contributed by atoms with Crippen LogP contribution in [0, 0.1) is 5.92 Å². The number of hydrogen-bond acceptors (Lipinski definition) is 1. The largest absolute Gasteiger partial charge is 0.338 e. The summed E-state index contributed by atoms with van der Waals surface area (Å²) in [6, 6.07) is 0.268. The Hall–Kier alpha value is -0.730. The molecule has 3 heteroatoms. The number of amides is 2. The molecule has 1 rings (SSSR count). The quantitative estimate of drug-likeness (QED) is 0.715. The number of rotatable bonds is 4. The second-order valence-electron chi connectivity index (χ2n) is 4.31. The van der Waals surface area contributed by atoms with Gasteiger partial charge in [-0.3, -0.25) is 0 Å². The zero-order valence-corrected chi connectivity index (χ0v) is 9.31. The van der Waals surface area contributed by atoms with E-state index < -0.39 is 0 Å². The number of carbonyl (C=O) groups is 1. The highest BCUT2D eigenvalue weighted by atomic mass is 16.2. The van der Waals surface area contributed by atoms with E-state index in [2.05, 4.69) is 17.6 Å². The van der Waals surface area contributed by atoms with Crippen molar-refractivity contribution in [3.8, 4) is 0 Å². The zero-order valence-electron chi connectivity index (χ0n) is 9.31. The third-order valence-electron chi connectivity index (χ3n) is 3.02. The van der Waals surface area contributed by atoms with Crippen LogP contribution in [0.1, 0.15) is 46.0 Å². The molecule has 0 aliphatic heterocycles. The van der Waals surface area contributed by atoms with Crippen LogP contribution >= 0.6 is 0 Å². The Morgan fingerprint density at radius 2 is 2.07 bits per heavy atom. The van der Waals surface area contributed by atoms with Gasteiger partial charge in [0, 0.05) is 12.6 Å². The maximum Gasteiger partial charge on any atom is 0.315 e. The average Bonchev–Trinajstić information content (AvgIpc) is 2.67. The lowest BCUT2D eigenvalue weighted by Crippen LogP contribution is -2.42. The fourth-order valence-corrected chi connectivity index (χ4v) is 1.83. The van der Waals surface area contributed by atoms with Gasteiger partial charge < -0.3 is 10.6 Å². The topological polar surface area (TPSA) is 41.1 Å². The van der Waals surface area contributed by atoms with Crippen LogP contribution in [0.2, 0.25) is 0 Å². The minimum atomic E-state index is -0.00810. The molecule has 0 heterocycles. The predicted octanol–water partition coefficient (Wildman–Crippen LogP) is 2.27. The molecule has 3 nitrogen and oxygen atoms in total. The van der Waals surface area contributed by atoms with E-state index in [1.165, 1.54) is 25.7 Å². The molecule has 1 atom stereocenters. The van der Waals surface area contributed by atoms with Crippen LogP contribution in [0.25, 0.3) is 0 Å². The first kappa shape index (κ1) is 11.3. The highest BCUT2D eigenvalue weighted by molar-refractivity contribution is 5.74. The van der Waals surface area contributed by atoms with Crippen molar-refractivity contribution < 1.29 is 4.79 Å². The summed E-state index contributed by atoms with van der Waals surface area (Å²) in [5.74, 6) is 0.720. The maximum atomic E-state index is 11.3. The number of urea groups is 1. The number of hydrogen-bond donors (Lipinski definition) is 2. The van der Waals surface area contributed by atoms with Crippen molar-refractivity contribution in [1.29, 1.82) is 0 Å². The van der Waals surface area contributed by atoms with Crippen molar-refractivity contribution in [1.82, 2.24) is 10.6 Å². The van der Waals surface area contributed by atoms with E-state index in [9.17, 15) is 4.79 Å². The number of carbonyl (C=O) groups excluding carboxylic acids is 1. The SMILES string of the molecule is CCC(C)NC(=O)NCC1CCCC1. The number of nitrogens with one attached hydrogen (secondary N) is 2. The van der Waals surface area contributed by atoms with E-state index in [-0.39, 0.29) is 12.1 Å². The normalized spacial score (nSPS) is 19.3. The second-order valence-corrected chi connectivity index (χ2v) is 4.31. The van der Waals surface area contributed by atoms with Gasteiger partial charge in [0.05, 0.1) is 0 Å². The molecule has 0 radical (unpaired) electrons. The summed E-state index contributed by atoms with van der Waals surface area (Å²) in [5.41, 5.74) is 0. The fraction of sp³-hybridized carbons (Fsp3) is 0.909. The Balaban J connectivity index is 2.08. The maximum absolute atomic E-state index is 11.3. The molecule has 1 aliphatic carbocycles. The predicted molar refractivity (Wildman–Crippen MR) is 58.2 cm³/mol. The second kappa shape index (κ2) is 5.89. The molecule has 0 aromatic heterocycles. The Kier molecular flexibility index (Phi) is 4.77. The van der Waals surface area contributed by atoms with Crippen molar-refractivity contribution in [3.05, 3.63) is 0 Å². The third-order valence-corrected chi connectivity index (χ3v) is 3.02. The summed E-state index contributed by atoms with van der Waals surface area (Å²) in [7, 11) is 0. The molecular formula is C11H22N2O. The van der Waals surface area contributed by atoms with Crippen LogP contribution in [-0.4, -0.2) is 18.6 Å². The molecule has 1 unspecified atom stereocenters. The highest BCUT2D eigenvalue weighted by Gasteiger charge is 2.15. The van der Waals surface area contributed by atoms with Gasteiger partial charge in [0.15, 0.2) is 0 Å². The fourth-order valence-electron chi connectivity index (χ4n) is 1.83. The summed E-state index contributed by atoms with van der Waals surface area (Å²) in [4.78, 5) is 11.3. The molecule has 0 aromatic rings. The first-order valence-corrected chi connectivity index (χ1v) is 5.76. The average molecular weight is 198 g/mol. The molecule has 2 N–H and O–H groups in total. The minimum absolute atomic E-state index is 0.00810. The lowest BCUT2D eigenvalue weighted by molar-refractivity contribution is 0.235. The van der Waals surface area contributed by atoms with Gasteiger partial charge in [-0.2, -0.15) is 0 Å². The van der Waals surface area contributed by atoms with Gasteiger partial charge in [0.2, 0.25) is 0 Å². The Labute approximate surface area is 86.6 Å². The van der Waals surface area contributed by atoms with Gasteiger partial charge in [0.1, 0.15) is 0 Å². The lowest BCUT2D eigenvalue weighted by atomic mass is 10.1. The van der Waals surface area contributed by atoms with E-state index >= 15 is 0 Å². The molecule has 1 saturated carbocycles. The summed E-state index contributed by atoms with van der Waals surface area (Å²) in [6.07, 6.45) is 6.21. The Bertz CT molecular complexity index is 176. The highest BCUT2D eigenvalue weighted by Crippen LogP contribution is 2.23. The molecule has 0 bridgehead atoms. The molecule has 1 aliphatic rings. The van der Waals surface area contributed by atoms with Crippen molar-refractivity contribution in [2.75, 3.05) is 6.54 Å². The molecule has 82 valence electrons. The van der Waals surface area contributed by atoms with Crippen LogP contribution in [0.5, 0.6) is 0 Å². The van der Waals surface area contributed by atoms with Crippen LogP contribution in [-0.2, 0) is 0 Å². The summed E-state index contributed by atoms with van der Waals surface area (Å²) in [5, 5.41) is 5.84. The first-order valence-electron chi connectivity index (χ1n) is 5.76. The van der Waals surface area contributed by atoms with E-state index in [1.54, 1.807) is 0 Å². The first-order chi connectivity index (χ1) is 6.72. The zero-order chi connectivity index (χ0) is 10.4. The van der Waals surface area contributed by atoms with Crippen LogP contribution in [0.15, 0.2) is 0 Å². The molecule has 14 heavy (non-hydrogen) atoms. The monoisotopic (exact) mass is 198 g/mol. The molecule has 0 aromatic carbocycles. The molecule has 1 fully saturated rings. The van der Waals surface area contributed by atoms with Gasteiger partial charge in [-0.1, -0.05) is 19.8 Å². The van der Waals surface area contributed by atoms with E-state index in [0.717, 1.165) is 18.9 Å². The summed E-state index contributed by atoms with van der Waals surface area (Å²) in [6.45, 7) is 4.94. The Morgan fingerprint density at radius 3 is 2.64 bits per heavy atom. The molecule has 2 amide bonds. The smallest absolute Gasteiger partial charge is 0.315 e. The lowest BCUT2D eigenvalue weighted by Gasteiger charge is -2.14. The van der Waals surface area contributed by atoms with Crippen LogP contribution in [0.3, 0.4) is 0 Å². The minimum Gasteiger partial charge on any atom is -0.338 e. The van der Waals surface area contributed by atoms with E-state index in [4.69, 9.17) is 0 Å². The van der Waals surface area contributed by atoms with Crippen molar-refractivity contribution in [2.24, 2.45) is 5.92 Å². The third kappa shape index (κ3) is 3.99. The van der Waals surface area contributed by atoms with E-state index in [1.807, 2.05) is 6.92 Å². The van der Waals surface area contributed by atoms with Gasteiger partial charge in [-0.15, -0.1) is 0 Å². The van der Waals surface area contributed by atoms with Gasteiger partial charge in [-0.05, 0) is 32.1 Å². The van der Waals surface area contributed by atoms with Gasteiger partial charge in [0.25, 0.3) is 0 Å². The molecule has 0 saturated heterocycles. The van der Waals surface area contributed by atoms with Gasteiger partial charge >= 0.3 is 6.03 Å².